The van der Waals surface area contributed by atoms with E-state index in [1.54, 1.807) is 0 Å². The van der Waals surface area contributed by atoms with E-state index in [1.807, 2.05) is 0 Å². The number of ether oxygens (including phenoxy) is 1. The van der Waals surface area contributed by atoms with Crippen LogP contribution in [0.1, 0.15) is 0 Å². The molecule has 0 saturated carbocycles. The number of nitrogens with zero attached hydrogens (tertiary/aromatic N) is 1. The standard InChI is InChI=1S/C11H14F2N2O3S/c12-5-6-9(17)7(13)8-10(18-6)19-11(15-8)14-3-1-2-4-16/h6-10,16-17H,3-5H2,(H,14,15)/t6-,7+,8-,9-,10-/m1/s1. The van der Waals surface area contributed by atoms with Crippen LogP contribution < -0.4 is 5.32 Å². The number of aliphatic hydroxyl groups excluding tert-OH is 2. The highest BCUT2D eigenvalue weighted by Crippen LogP contribution is 2.37. The summed E-state index contributed by atoms with van der Waals surface area (Å²) < 4.78 is 31.7. The van der Waals surface area contributed by atoms with Gasteiger partial charge in [-0.15, -0.1) is 0 Å². The number of aliphatic imine (C=N–C) groups is 1. The molecule has 0 spiro atoms. The lowest BCUT2D eigenvalue weighted by atomic mass is 10.0. The predicted octanol–water partition coefficient (Wildman–Crippen LogP) is -0.564. The zero-order valence-corrected chi connectivity index (χ0v) is 10.7. The average Bonchev–Trinajstić information content (AvgIpc) is 2.82. The lowest BCUT2D eigenvalue weighted by Crippen LogP contribution is -2.53. The van der Waals surface area contributed by atoms with Crippen LogP contribution in [0.3, 0.4) is 0 Å². The zero-order valence-electron chi connectivity index (χ0n) is 9.92. The van der Waals surface area contributed by atoms with Crippen LogP contribution in [0.5, 0.6) is 0 Å². The van der Waals surface area contributed by atoms with Crippen molar-refractivity contribution in [1.29, 1.82) is 0 Å². The van der Waals surface area contributed by atoms with Crippen LogP contribution in [-0.2, 0) is 4.74 Å². The Bertz CT molecular complexity index is 412. The fourth-order valence-corrected chi connectivity index (χ4v) is 2.96. The molecule has 2 rings (SSSR count). The maximum absolute atomic E-state index is 13.9. The SMILES string of the molecule is OCC#CCNC1=N[C@@H]2[C@H](F)[C@H](O)[C@@H](CF)O[C@@H]2S1. The number of hydrogen-bond donors (Lipinski definition) is 3. The van der Waals surface area contributed by atoms with Gasteiger partial charge in [0.25, 0.3) is 0 Å². The first-order valence-corrected chi connectivity index (χ1v) is 6.63. The molecule has 0 aromatic heterocycles. The van der Waals surface area contributed by atoms with E-state index in [1.165, 1.54) is 0 Å². The molecule has 8 heteroatoms. The van der Waals surface area contributed by atoms with Gasteiger partial charge >= 0.3 is 0 Å². The second-order valence-electron chi connectivity index (χ2n) is 4.04. The molecule has 0 aliphatic carbocycles. The van der Waals surface area contributed by atoms with Crippen LogP contribution in [0.25, 0.3) is 0 Å². The summed E-state index contributed by atoms with van der Waals surface area (Å²) in [5.74, 6) is 5.08. The highest BCUT2D eigenvalue weighted by molar-refractivity contribution is 8.14. The number of rotatable bonds is 2. The van der Waals surface area contributed by atoms with Crippen LogP contribution in [-0.4, -0.2) is 65.1 Å². The molecule has 5 atom stereocenters. The number of nitrogens with one attached hydrogen (secondary N) is 1. The van der Waals surface area contributed by atoms with E-state index in [0.717, 1.165) is 11.8 Å². The largest absolute Gasteiger partial charge is 0.387 e. The van der Waals surface area contributed by atoms with Gasteiger partial charge in [-0.1, -0.05) is 23.6 Å². The summed E-state index contributed by atoms with van der Waals surface area (Å²) in [5.41, 5.74) is -0.632. The number of amidine groups is 1. The molecule has 0 bridgehead atoms. The van der Waals surface area contributed by atoms with Crippen molar-refractivity contribution in [2.45, 2.75) is 29.9 Å². The van der Waals surface area contributed by atoms with Crippen LogP contribution >= 0.6 is 11.8 Å². The summed E-state index contributed by atoms with van der Waals surface area (Å²) in [6.07, 6.45) is -4.29. The quantitative estimate of drug-likeness (QED) is 0.595. The molecule has 0 aromatic carbocycles. The normalized spacial score (nSPS) is 37.1. The zero-order chi connectivity index (χ0) is 13.8. The highest BCUT2D eigenvalue weighted by atomic mass is 32.2. The van der Waals surface area contributed by atoms with Crippen molar-refractivity contribution in [3.05, 3.63) is 0 Å². The van der Waals surface area contributed by atoms with E-state index in [4.69, 9.17) is 9.84 Å². The van der Waals surface area contributed by atoms with Crippen LogP contribution in [0, 0.1) is 11.8 Å². The maximum Gasteiger partial charge on any atom is 0.160 e. The molecule has 2 heterocycles. The molecule has 2 aliphatic heterocycles. The summed E-state index contributed by atoms with van der Waals surface area (Å²) in [7, 11) is 0. The van der Waals surface area contributed by atoms with E-state index < -0.39 is 36.5 Å². The molecule has 1 saturated heterocycles. The van der Waals surface area contributed by atoms with Gasteiger partial charge in [-0.25, -0.2) is 8.78 Å². The van der Waals surface area contributed by atoms with E-state index in [9.17, 15) is 13.9 Å². The monoisotopic (exact) mass is 292 g/mol. The number of hydrogen-bond acceptors (Lipinski definition) is 6. The van der Waals surface area contributed by atoms with Gasteiger partial charge in [0.1, 0.15) is 37.0 Å². The van der Waals surface area contributed by atoms with Crippen LogP contribution in [0.4, 0.5) is 8.78 Å². The molecular formula is C11H14F2N2O3S. The van der Waals surface area contributed by atoms with Gasteiger partial charge in [0.2, 0.25) is 0 Å². The minimum Gasteiger partial charge on any atom is -0.387 e. The van der Waals surface area contributed by atoms with Crippen molar-refractivity contribution in [2.75, 3.05) is 19.8 Å². The number of aliphatic hydroxyl groups is 2. The van der Waals surface area contributed by atoms with Crippen LogP contribution in [0.2, 0.25) is 0 Å². The van der Waals surface area contributed by atoms with E-state index in [-0.39, 0.29) is 13.2 Å². The van der Waals surface area contributed by atoms with Crippen molar-refractivity contribution in [3.8, 4) is 11.8 Å². The van der Waals surface area contributed by atoms with Gasteiger partial charge in [0.15, 0.2) is 11.3 Å². The van der Waals surface area contributed by atoms with Gasteiger partial charge in [-0.3, -0.25) is 4.99 Å². The second kappa shape index (κ2) is 6.52. The Morgan fingerprint density at radius 2 is 2.26 bits per heavy atom. The van der Waals surface area contributed by atoms with Crippen LogP contribution in [0.15, 0.2) is 4.99 Å². The summed E-state index contributed by atoms with van der Waals surface area (Å²) in [6, 6.07) is -0.837. The Labute approximate surface area is 113 Å². The number of alkyl halides is 2. The summed E-state index contributed by atoms with van der Waals surface area (Å²) in [4.78, 5) is 4.06. The maximum atomic E-state index is 13.9. The smallest absolute Gasteiger partial charge is 0.160 e. The fraction of sp³-hybridized carbons (Fsp3) is 0.727. The Morgan fingerprint density at radius 3 is 2.95 bits per heavy atom. The summed E-state index contributed by atoms with van der Waals surface area (Å²) >= 11 is 1.15. The molecule has 106 valence electrons. The average molecular weight is 292 g/mol. The number of halogens is 2. The summed E-state index contributed by atoms with van der Waals surface area (Å²) in [5, 5.41) is 21.3. The topological polar surface area (TPSA) is 74.1 Å². The molecule has 3 N–H and O–H groups in total. The Hall–Kier alpha value is -0.880. The van der Waals surface area contributed by atoms with Gasteiger partial charge in [-0.2, -0.15) is 0 Å². The molecule has 0 unspecified atom stereocenters. The summed E-state index contributed by atoms with van der Waals surface area (Å²) in [6.45, 7) is -0.902. The molecule has 0 aromatic rings. The van der Waals surface area contributed by atoms with Gasteiger partial charge < -0.3 is 20.3 Å². The van der Waals surface area contributed by atoms with Crippen molar-refractivity contribution in [2.24, 2.45) is 4.99 Å². The van der Waals surface area contributed by atoms with Crippen molar-refractivity contribution in [3.63, 3.8) is 0 Å². The van der Waals surface area contributed by atoms with E-state index >= 15 is 0 Å². The lowest BCUT2D eigenvalue weighted by molar-refractivity contribution is -0.136. The molecule has 1 fully saturated rings. The third-order valence-corrected chi connectivity index (χ3v) is 3.89. The number of thioether (sulfide) groups is 1. The third-order valence-electron chi connectivity index (χ3n) is 2.80. The third kappa shape index (κ3) is 3.17. The van der Waals surface area contributed by atoms with Gasteiger partial charge in [-0.05, 0) is 0 Å². The Morgan fingerprint density at radius 1 is 1.47 bits per heavy atom. The van der Waals surface area contributed by atoms with Crippen molar-refractivity contribution < 1.29 is 23.7 Å². The van der Waals surface area contributed by atoms with Gasteiger partial charge in [0.05, 0.1) is 6.54 Å². The molecule has 5 nitrogen and oxygen atoms in total. The molecule has 19 heavy (non-hydrogen) atoms. The highest BCUT2D eigenvalue weighted by Gasteiger charge is 2.49. The second-order valence-corrected chi connectivity index (χ2v) is 5.13. The number of fused-ring (bicyclic) bond motifs is 1. The van der Waals surface area contributed by atoms with Gasteiger partial charge in [0, 0.05) is 0 Å². The Kier molecular flexibility index (Phi) is 4.99. The van der Waals surface area contributed by atoms with Crippen molar-refractivity contribution >= 4 is 16.9 Å². The predicted molar refractivity (Wildman–Crippen MR) is 67.2 cm³/mol. The fourth-order valence-electron chi connectivity index (χ4n) is 1.85. The molecular weight excluding hydrogens is 278 g/mol. The Balaban J connectivity index is 1.95. The molecule has 0 radical (unpaired) electrons. The lowest BCUT2D eigenvalue weighted by Gasteiger charge is -2.35. The first kappa shape index (κ1) is 14.5. The minimum atomic E-state index is -1.64. The minimum absolute atomic E-state index is 0.230. The first-order chi connectivity index (χ1) is 9.17. The van der Waals surface area contributed by atoms with Crippen molar-refractivity contribution in [1.82, 2.24) is 5.32 Å². The molecule has 2 aliphatic rings. The van der Waals surface area contributed by atoms with E-state index in [2.05, 4.69) is 22.2 Å². The van der Waals surface area contributed by atoms with E-state index in [0.29, 0.717) is 5.17 Å². The molecule has 0 amide bonds. The first-order valence-electron chi connectivity index (χ1n) is 5.76.